The van der Waals surface area contributed by atoms with Gasteiger partial charge in [-0.2, -0.15) is 0 Å². The first-order valence-corrected chi connectivity index (χ1v) is 8.71. The highest BCUT2D eigenvalue weighted by molar-refractivity contribution is 6.03. The van der Waals surface area contributed by atoms with E-state index in [4.69, 9.17) is 4.74 Å². The summed E-state index contributed by atoms with van der Waals surface area (Å²) in [6.07, 6.45) is 0. The predicted molar refractivity (Wildman–Crippen MR) is 105 cm³/mol. The van der Waals surface area contributed by atoms with Crippen molar-refractivity contribution in [3.05, 3.63) is 95.8 Å². The third-order valence-electron chi connectivity index (χ3n) is 4.40. The third-order valence-corrected chi connectivity index (χ3v) is 4.40. The maximum Gasteiger partial charge on any atom is 0.336 e. The number of carboxylic acid groups (broad SMARTS) is 1. The van der Waals surface area contributed by atoms with Gasteiger partial charge in [-0.25, -0.2) is 14.2 Å². The molecule has 0 bridgehead atoms. The van der Waals surface area contributed by atoms with Crippen LogP contribution in [0.3, 0.4) is 0 Å². The molecule has 0 amide bonds. The van der Waals surface area contributed by atoms with E-state index in [2.05, 4.69) is 4.98 Å². The summed E-state index contributed by atoms with van der Waals surface area (Å²) < 4.78 is 19.3. The van der Waals surface area contributed by atoms with E-state index in [-0.39, 0.29) is 10.9 Å². The molecule has 0 radical (unpaired) electrons. The number of rotatable bonds is 5. The number of aromatic nitrogens is 1. The zero-order chi connectivity index (χ0) is 19.5. The molecule has 138 valence electrons. The van der Waals surface area contributed by atoms with Gasteiger partial charge in [0.05, 0.1) is 16.8 Å². The first-order chi connectivity index (χ1) is 13.6. The zero-order valence-corrected chi connectivity index (χ0v) is 14.8. The molecule has 4 aromatic rings. The van der Waals surface area contributed by atoms with Crippen LogP contribution in [0.15, 0.2) is 78.9 Å². The van der Waals surface area contributed by atoms with Crippen LogP contribution >= 0.6 is 0 Å². The molecule has 3 aromatic carbocycles. The van der Waals surface area contributed by atoms with Gasteiger partial charge in [0.25, 0.3) is 0 Å². The number of halogens is 1. The van der Waals surface area contributed by atoms with Crippen LogP contribution in [0.25, 0.3) is 22.2 Å². The number of hydrogen-bond donors (Lipinski definition) is 1. The fraction of sp³-hybridized carbons (Fsp3) is 0.0435. The average Bonchev–Trinajstić information content (AvgIpc) is 2.72. The number of hydrogen-bond acceptors (Lipinski definition) is 3. The molecule has 5 heteroatoms. The SMILES string of the molecule is O=C(O)c1cc(-c2ccc(OCc3ccccc3)cc2)nc2ccc(F)cc12. The van der Waals surface area contributed by atoms with E-state index in [1.165, 1.54) is 24.3 Å². The highest BCUT2D eigenvalue weighted by Crippen LogP contribution is 2.27. The number of pyridine rings is 1. The highest BCUT2D eigenvalue weighted by atomic mass is 19.1. The molecule has 0 unspecified atom stereocenters. The van der Waals surface area contributed by atoms with Gasteiger partial charge in [0, 0.05) is 10.9 Å². The first-order valence-electron chi connectivity index (χ1n) is 8.71. The summed E-state index contributed by atoms with van der Waals surface area (Å²) in [5, 5.41) is 9.77. The second-order valence-corrected chi connectivity index (χ2v) is 6.32. The molecule has 0 spiro atoms. The molecule has 0 aliphatic rings. The van der Waals surface area contributed by atoms with Crippen molar-refractivity contribution in [1.29, 1.82) is 0 Å². The predicted octanol–water partition coefficient (Wildman–Crippen LogP) is 5.32. The van der Waals surface area contributed by atoms with Gasteiger partial charge in [-0.15, -0.1) is 0 Å². The van der Waals surface area contributed by atoms with E-state index < -0.39 is 11.8 Å². The summed E-state index contributed by atoms with van der Waals surface area (Å²) in [7, 11) is 0. The van der Waals surface area contributed by atoms with Crippen LogP contribution in [0, 0.1) is 5.82 Å². The Morgan fingerprint density at radius 3 is 2.43 bits per heavy atom. The maximum absolute atomic E-state index is 13.5. The van der Waals surface area contributed by atoms with E-state index in [1.54, 1.807) is 0 Å². The van der Waals surface area contributed by atoms with Crippen LogP contribution in [0.4, 0.5) is 4.39 Å². The molecule has 1 heterocycles. The van der Waals surface area contributed by atoms with Gasteiger partial charge < -0.3 is 9.84 Å². The van der Waals surface area contributed by atoms with Crippen molar-refractivity contribution in [3.63, 3.8) is 0 Å². The van der Waals surface area contributed by atoms with Gasteiger partial charge in [0.2, 0.25) is 0 Å². The van der Waals surface area contributed by atoms with E-state index >= 15 is 0 Å². The summed E-state index contributed by atoms with van der Waals surface area (Å²) >= 11 is 0. The molecular formula is C23H16FNO3. The van der Waals surface area contributed by atoms with Crippen LogP contribution < -0.4 is 4.74 Å². The molecule has 0 saturated heterocycles. The van der Waals surface area contributed by atoms with Gasteiger partial charge >= 0.3 is 5.97 Å². The van der Waals surface area contributed by atoms with Crippen molar-refractivity contribution in [2.24, 2.45) is 0 Å². The van der Waals surface area contributed by atoms with Crippen LogP contribution in [-0.4, -0.2) is 16.1 Å². The van der Waals surface area contributed by atoms with Gasteiger partial charge in [-0.05, 0) is 54.1 Å². The minimum Gasteiger partial charge on any atom is -0.489 e. The second-order valence-electron chi connectivity index (χ2n) is 6.32. The summed E-state index contributed by atoms with van der Waals surface area (Å²) in [6, 6.07) is 22.5. The molecule has 4 nitrogen and oxygen atoms in total. The van der Waals surface area contributed by atoms with Crippen molar-refractivity contribution in [2.45, 2.75) is 6.61 Å². The normalized spacial score (nSPS) is 10.8. The van der Waals surface area contributed by atoms with Crippen LogP contribution in [0.1, 0.15) is 15.9 Å². The number of nitrogens with zero attached hydrogens (tertiary/aromatic N) is 1. The molecule has 0 aliphatic carbocycles. The summed E-state index contributed by atoms with van der Waals surface area (Å²) in [5.74, 6) is -0.916. The number of carbonyl (C=O) groups is 1. The minimum atomic E-state index is -1.12. The summed E-state index contributed by atoms with van der Waals surface area (Å²) in [4.78, 5) is 16.1. The van der Waals surface area contributed by atoms with Crippen LogP contribution in [0.2, 0.25) is 0 Å². The Bertz CT molecular complexity index is 1140. The second kappa shape index (κ2) is 7.48. The third kappa shape index (κ3) is 3.69. The van der Waals surface area contributed by atoms with Crippen LogP contribution in [0.5, 0.6) is 5.75 Å². The molecule has 28 heavy (non-hydrogen) atoms. The van der Waals surface area contributed by atoms with E-state index in [1.807, 2.05) is 54.6 Å². The lowest BCUT2D eigenvalue weighted by atomic mass is 10.0. The van der Waals surface area contributed by atoms with E-state index in [0.717, 1.165) is 11.1 Å². The van der Waals surface area contributed by atoms with E-state index in [0.29, 0.717) is 23.6 Å². The molecule has 1 aromatic heterocycles. The zero-order valence-electron chi connectivity index (χ0n) is 14.8. The van der Waals surface area contributed by atoms with Crippen molar-refractivity contribution in [2.75, 3.05) is 0 Å². The Labute approximate surface area is 160 Å². The van der Waals surface area contributed by atoms with Crippen LogP contribution in [-0.2, 0) is 6.61 Å². The monoisotopic (exact) mass is 373 g/mol. The minimum absolute atomic E-state index is 0.0175. The topological polar surface area (TPSA) is 59.4 Å². The lowest BCUT2D eigenvalue weighted by Gasteiger charge is -2.09. The first kappa shape index (κ1) is 17.7. The number of carboxylic acids is 1. The molecule has 0 aliphatic heterocycles. The average molecular weight is 373 g/mol. The number of aromatic carboxylic acids is 1. The smallest absolute Gasteiger partial charge is 0.336 e. The highest BCUT2D eigenvalue weighted by Gasteiger charge is 2.14. The molecule has 0 fully saturated rings. The Kier molecular flexibility index (Phi) is 4.72. The quantitative estimate of drug-likeness (QED) is 0.514. The number of ether oxygens (including phenoxy) is 1. The molecule has 1 N–H and O–H groups in total. The Hall–Kier alpha value is -3.73. The lowest BCUT2D eigenvalue weighted by molar-refractivity contribution is 0.0699. The Morgan fingerprint density at radius 1 is 0.964 bits per heavy atom. The lowest BCUT2D eigenvalue weighted by Crippen LogP contribution is -2.01. The van der Waals surface area contributed by atoms with Crippen molar-refractivity contribution in [3.8, 4) is 17.0 Å². The van der Waals surface area contributed by atoms with Gasteiger partial charge in [0.15, 0.2) is 0 Å². The largest absolute Gasteiger partial charge is 0.489 e. The van der Waals surface area contributed by atoms with Gasteiger partial charge in [-0.3, -0.25) is 0 Å². The van der Waals surface area contributed by atoms with Gasteiger partial charge in [0.1, 0.15) is 18.2 Å². The molecule has 0 atom stereocenters. The van der Waals surface area contributed by atoms with Crippen molar-refractivity contribution >= 4 is 16.9 Å². The van der Waals surface area contributed by atoms with Crippen molar-refractivity contribution in [1.82, 2.24) is 4.98 Å². The Balaban J connectivity index is 1.62. The van der Waals surface area contributed by atoms with Gasteiger partial charge in [-0.1, -0.05) is 30.3 Å². The molecule has 0 saturated carbocycles. The number of fused-ring (bicyclic) bond motifs is 1. The van der Waals surface area contributed by atoms with E-state index in [9.17, 15) is 14.3 Å². The maximum atomic E-state index is 13.5. The fourth-order valence-electron chi connectivity index (χ4n) is 2.99. The number of benzene rings is 3. The molecular weight excluding hydrogens is 357 g/mol. The van der Waals surface area contributed by atoms with Crippen molar-refractivity contribution < 1.29 is 19.0 Å². The standard InChI is InChI=1S/C23H16FNO3/c24-17-8-11-21-19(12-17)20(23(26)27)13-22(25-21)16-6-9-18(10-7-16)28-14-15-4-2-1-3-5-15/h1-13H,14H2,(H,26,27). The molecule has 4 rings (SSSR count). The fourth-order valence-corrected chi connectivity index (χ4v) is 2.99. The summed E-state index contributed by atoms with van der Waals surface area (Å²) in [5.41, 5.74) is 2.78. The summed E-state index contributed by atoms with van der Waals surface area (Å²) in [6.45, 7) is 0.461. The Morgan fingerprint density at radius 2 is 1.71 bits per heavy atom.